The van der Waals surface area contributed by atoms with E-state index in [1.165, 1.54) is 5.56 Å². The Morgan fingerprint density at radius 3 is 2.64 bits per heavy atom. The summed E-state index contributed by atoms with van der Waals surface area (Å²) in [6.45, 7) is 2.95. The van der Waals surface area contributed by atoms with Crippen molar-refractivity contribution in [3.63, 3.8) is 0 Å². The molecule has 0 radical (unpaired) electrons. The van der Waals surface area contributed by atoms with Gasteiger partial charge in [-0.15, -0.1) is 0 Å². The first-order valence-electron chi connectivity index (χ1n) is 7.08. The fourth-order valence-corrected chi connectivity index (χ4v) is 2.28. The SMILES string of the molecule is COc1ccc(C(C)CCNc2ccc(Cl)c(C#N)n2)cc1. The molecule has 0 aliphatic carbocycles. The molecule has 0 saturated heterocycles. The van der Waals surface area contributed by atoms with Gasteiger partial charge in [0.05, 0.1) is 12.1 Å². The zero-order chi connectivity index (χ0) is 15.9. The molecule has 0 aliphatic rings. The smallest absolute Gasteiger partial charge is 0.161 e. The molecule has 0 aliphatic heterocycles. The van der Waals surface area contributed by atoms with Gasteiger partial charge < -0.3 is 10.1 Å². The molecule has 1 aromatic heterocycles. The number of hydrogen-bond acceptors (Lipinski definition) is 4. The lowest BCUT2D eigenvalue weighted by atomic mass is 9.98. The number of nitriles is 1. The molecule has 5 heteroatoms. The summed E-state index contributed by atoms with van der Waals surface area (Å²) in [7, 11) is 1.66. The van der Waals surface area contributed by atoms with Crippen molar-refractivity contribution >= 4 is 17.4 Å². The third-order valence-corrected chi connectivity index (χ3v) is 3.83. The summed E-state index contributed by atoms with van der Waals surface area (Å²) in [5, 5.41) is 12.5. The molecule has 114 valence electrons. The molecule has 0 bridgehead atoms. The lowest BCUT2D eigenvalue weighted by molar-refractivity contribution is 0.414. The number of methoxy groups -OCH3 is 1. The van der Waals surface area contributed by atoms with E-state index in [1.54, 1.807) is 19.2 Å². The normalized spacial score (nSPS) is 11.5. The number of aromatic nitrogens is 1. The third-order valence-electron chi connectivity index (χ3n) is 3.52. The van der Waals surface area contributed by atoms with Crippen LogP contribution in [0, 0.1) is 11.3 Å². The zero-order valence-corrected chi connectivity index (χ0v) is 13.4. The summed E-state index contributed by atoms with van der Waals surface area (Å²) >= 11 is 5.86. The Hall–Kier alpha value is -2.25. The minimum absolute atomic E-state index is 0.245. The molecule has 0 fully saturated rings. The van der Waals surface area contributed by atoms with Crippen molar-refractivity contribution in [3.05, 3.63) is 52.7 Å². The summed E-state index contributed by atoms with van der Waals surface area (Å²) in [6, 6.07) is 13.5. The average Bonchev–Trinajstić information content (AvgIpc) is 2.56. The van der Waals surface area contributed by atoms with Gasteiger partial charge in [-0.2, -0.15) is 5.26 Å². The van der Waals surface area contributed by atoms with Crippen LogP contribution in [0.4, 0.5) is 5.82 Å². The fraction of sp³-hybridized carbons (Fsp3) is 0.294. The minimum atomic E-state index is 0.245. The van der Waals surface area contributed by atoms with Gasteiger partial charge in [-0.05, 0) is 42.2 Å². The second-order valence-corrected chi connectivity index (χ2v) is 5.44. The molecule has 22 heavy (non-hydrogen) atoms. The molecule has 2 aromatic rings. The van der Waals surface area contributed by atoms with Gasteiger partial charge in [-0.25, -0.2) is 4.98 Å². The van der Waals surface area contributed by atoms with E-state index in [0.29, 0.717) is 16.8 Å². The van der Waals surface area contributed by atoms with Crippen molar-refractivity contribution < 1.29 is 4.74 Å². The molecule has 2 rings (SSSR count). The number of nitrogens with one attached hydrogen (secondary N) is 1. The third kappa shape index (κ3) is 4.12. The molecule has 1 N–H and O–H groups in total. The van der Waals surface area contributed by atoms with Crippen LogP contribution in [0.1, 0.15) is 30.5 Å². The second kappa shape index (κ2) is 7.67. The molecule has 1 aromatic carbocycles. The highest BCUT2D eigenvalue weighted by Gasteiger charge is 2.07. The number of hydrogen-bond donors (Lipinski definition) is 1. The van der Waals surface area contributed by atoms with Crippen molar-refractivity contribution in [1.82, 2.24) is 4.98 Å². The predicted octanol–water partition coefficient (Wildman–Crippen LogP) is 4.22. The van der Waals surface area contributed by atoms with Gasteiger partial charge in [0.2, 0.25) is 0 Å². The van der Waals surface area contributed by atoms with Crippen molar-refractivity contribution in [2.75, 3.05) is 19.0 Å². The minimum Gasteiger partial charge on any atom is -0.497 e. The topological polar surface area (TPSA) is 57.9 Å². The Labute approximate surface area is 135 Å². The van der Waals surface area contributed by atoms with E-state index in [9.17, 15) is 0 Å². The summed E-state index contributed by atoms with van der Waals surface area (Å²) in [5.74, 6) is 1.95. The fourth-order valence-electron chi connectivity index (χ4n) is 2.13. The van der Waals surface area contributed by atoms with Gasteiger partial charge in [0.15, 0.2) is 5.69 Å². The van der Waals surface area contributed by atoms with Gasteiger partial charge in [-0.1, -0.05) is 30.7 Å². The van der Waals surface area contributed by atoms with Crippen molar-refractivity contribution in [2.45, 2.75) is 19.3 Å². The summed E-state index contributed by atoms with van der Waals surface area (Å²) in [4.78, 5) is 4.16. The molecule has 1 atom stereocenters. The molecular weight excluding hydrogens is 298 g/mol. The number of benzene rings is 1. The largest absolute Gasteiger partial charge is 0.497 e. The van der Waals surface area contributed by atoms with Crippen LogP contribution in [0.2, 0.25) is 5.02 Å². The van der Waals surface area contributed by atoms with Gasteiger partial charge in [0.25, 0.3) is 0 Å². The van der Waals surface area contributed by atoms with Gasteiger partial charge >= 0.3 is 0 Å². The Bertz CT molecular complexity index is 665. The zero-order valence-electron chi connectivity index (χ0n) is 12.6. The summed E-state index contributed by atoms with van der Waals surface area (Å²) < 4.78 is 5.16. The number of rotatable bonds is 6. The first kappa shape index (κ1) is 16.1. The highest BCUT2D eigenvalue weighted by atomic mass is 35.5. The summed E-state index contributed by atoms with van der Waals surface area (Å²) in [5.41, 5.74) is 1.51. The van der Waals surface area contributed by atoms with Crippen LogP contribution in [-0.2, 0) is 0 Å². The number of pyridine rings is 1. The quantitative estimate of drug-likeness (QED) is 0.867. The van der Waals surface area contributed by atoms with Crippen LogP contribution in [0.25, 0.3) is 0 Å². The summed E-state index contributed by atoms with van der Waals surface area (Å²) in [6.07, 6.45) is 0.957. The standard InChI is InChI=1S/C17H18ClN3O/c1-12(13-3-5-14(22-2)6-4-13)9-10-20-17-8-7-15(18)16(11-19)21-17/h3-8,12H,9-10H2,1-2H3,(H,20,21). The van der Waals surface area contributed by atoms with E-state index in [2.05, 4.69) is 29.4 Å². The Morgan fingerprint density at radius 1 is 1.27 bits per heavy atom. The van der Waals surface area contributed by atoms with E-state index >= 15 is 0 Å². The van der Waals surface area contributed by atoms with Gasteiger partial charge in [0, 0.05) is 6.54 Å². The molecule has 1 unspecified atom stereocenters. The first-order chi connectivity index (χ1) is 10.6. The Morgan fingerprint density at radius 2 is 2.00 bits per heavy atom. The van der Waals surface area contributed by atoms with Gasteiger partial charge in [0.1, 0.15) is 17.6 Å². The second-order valence-electron chi connectivity index (χ2n) is 5.03. The number of halogens is 1. The monoisotopic (exact) mass is 315 g/mol. The van der Waals surface area contributed by atoms with Crippen LogP contribution < -0.4 is 10.1 Å². The lowest BCUT2D eigenvalue weighted by Crippen LogP contribution is -2.07. The van der Waals surface area contributed by atoms with Crippen LogP contribution in [0.5, 0.6) is 5.75 Å². The van der Waals surface area contributed by atoms with Crippen LogP contribution in [0.3, 0.4) is 0 Å². The Balaban J connectivity index is 1.88. The maximum absolute atomic E-state index is 8.91. The first-order valence-corrected chi connectivity index (χ1v) is 7.46. The lowest BCUT2D eigenvalue weighted by Gasteiger charge is -2.13. The van der Waals surface area contributed by atoms with Gasteiger partial charge in [-0.3, -0.25) is 0 Å². The van der Waals surface area contributed by atoms with Crippen molar-refractivity contribution in [2.24, 2.45) is 0 Å². The van der Waals surface area contributed by atoms with Crippen molar-refractivity contribution in [3.8, 4) is 11.8 Å². The highest BCUT2D eigenvalue weighted by molar-refractivity contribution is 6.31. The van der Waals surface area contributed by atoms with E-state index in [0.717, 1.165) is 18.7 Å². The maximum Gasteiger partial charge on any atom is 0.161 e. The average molecular weight is 316 g/mol. The van der Waals surface area contributed by atoms with Crippen molar-refractivity contribution in [1.29, 1.82) is 5.26 Å². The van der Waals surface area contributed by atoms with Crippen LogP contribution >= 0.6 is 11.6 Å². The van der Waals surface area contributed by atoms with Crippen LogP contribution in [0.15, 0.2) is 36.4 Å². The number of ether oxygens (including phenoxy) is 1. The van der Waals surface area contributed by atoms with E-state index in [4.69, 9.17) is 21.6 Å². The maximum atomic E-state index is 8.91. The predicted molar refractivity (Wildman–Crippen MR) is 88.5 cm³/mol. The Kier molecular flexibility index (Phi) is 5.62. The molecule has 1 heterocycles. The number of anilines is 1. The molecule has 4 nitrogen and oxygen atoms in total. The van der Waals surface area contributed by atoms with Crippen LogP contribution in [-0.4, -0.2) is 18.6 Å². The molecular formula is C17H18ClN3O. The molecule has 0 amide bonds. The molecule has 0 spiro atoms. The molecule has 0 saturated carbocycles. The van der Waals surface area contributed by atoms with E-state index in [1.807, 2.05) is 18.2 Å². The number of nitrogens with zero attached hydrogens (tertiary/aromatic N) is 2. The van der Waals surface area contributed by atoms with E-state index in [-0.39, 0.29) is 5.69 Å². The highest BCUT2D eigenvalue weighted by Crippen LogP contribution is 2.22. The van der Waals surface area contributed by atoms with E-state index < -0.39 is 0 Å².